The van der Waals surface area contributed by atoms with Crippen molar-refractivity contribution < 1.29 is 4.92 Å². The zero-order chi connectivity index (χ0) is 14.8. The number of nitrogens with one attached hydrogen (secondary N) is 1. The number of anilines is 1. The zero-order valence-corrected chi connectivity index (χ0v) is 11.7. The number of rotatable bonds is 3. The molecule has 106 valence electrons. The summed E-state index contributed by atoms with van der Waals surface area (Å²) in [5.41, 5.74) is 0.316. The Bertz CT molecular complexity index is 563. The lowest BCUT2D eigenvalue weighted by Gasteiger charge is -2.35. The quantitative estimate of drug-likeness (QED) is 0.674. The van der Waals surface area contributed by atoms with Gasteiger partial charge in [0.05, 0.1) is 10.5 Å². The third-order valence-electron chi connectivity index (χ3n) is 3.74. The van der Waals surface area contributed by atoms with Crippen molar-refractivity contribution in [3.8, 4) is 6.07 Å². The van der Waals surface area contributed by atoms with Gasteiger partial charge in [-0.05, 0) is 24.7 Å². The van der Waals surface area contributed by atoms with Gasteiger partial charge in [0.25, 0.3) is 0 Å². The summed E-state index contributed by atoms with van der Waals surface area (Å²) in [7, 11) is 0. The van der Waals surface area contributed by atoms with Crippen LogP contribution in [0.15, 0.2) is 12.3 Å². The molecule has 1 fully saturated rings. The van der Waals surface area contributed by atoms with Crippen molar-refractivity contribution >= 4 is 11.5 Å². The van der Waals surface area contributed by atoms with Crippen LogP contribution in [-0.2, 0) is 0 Å². The first-order chi connectivity index (χ1) is 9.41. The maximum Gasteiger partial charge on any atom is 0.312 e. The van der Waals surface area contributed by atoms with Crippen molar-refractivity contribution in [2.75, 3.05) is 5.32 Å². The van der Waals surface area contributed by atoms with Crippen molar-refractivity contribution in [1.29, 1.82) is 5.26 Å². The molecule has 1 aliphatic rings. The molecule has 6 nitrogen and oxygen atoms in total. The number of nitriles is 1. The molecule has 2 rings (SSSR count). The van der Waals surface area contributed by atoms with E-state index in [2.05, 4.69) is 24.1 Å². The van der Waals surface area contributed by atoms with Gasteiger partial charge in [0.1, 0.15) is 6.07 Å². The van der Waals surface area contributed by atoms with E-state index in [0.717, 1.165) is 19.3 Å². The van der Waals surface area contributed by atoms with Gasteiger partial charge in [0, 0.05) is 18.3 Å². The molecule has 6 heteroatoms. The van der Waals surface area contributed by atoms with Gasteiger partial charge in [0.2, 0.25) is 5.82 Å². The van der Waals surface area contributed by atoms with Crippen LogP contribution in [0.5, 0.6) is 0 Å². The molecule has 1 atom stereocenters. The Morgan fingerprint density at radius 1 is 1.60 bits per heavy atom. The molecule has 0 aromatic carbocycles. The van der Waals surface area contributed by atoms with E-state index in [4.69, 9.17) is 5.26 Å². The fourth-order valence-corrected chi connectivity index (χ4v) is 2.78. The summed E-state index contributed by atoms with van der Waals surface area (Å²) in [5, 5.41) is 23.0. The second kappa shape index (κ2) is 5.45. The summed E-state index contributed by atoms with van der Waals surface area (Å²) in [6.07, 6.45) is 5.60. The Morgan fingerprint density at radius 3 is 2.95 bits per heavy atom. The lowest BCUT2D eigenvalue weighted by Crippen LogP contribution is -2.32. The predicted molar refractivity (Wildman–Crippen MR) is 75.3 cm³/mol. The van der Waals surface area contributed by atoms with Gasteiger partial charge in [-0.15, -0.1) is 0 Å². The van der Waals surface area contributed by atoms with Gasteiger partial charge in [-0.1, -0.05) is 20.3 Å². The SMILES string of the molecule is CC1(C)CCCC(Nc2ncc(C#N)cc2[N+](=O)[O-])C1. The third kappa shape index (κ3) is 3.23. The molecule has 20 heavy (non-hydrogen) atoms. The number of hydrogen-bond acceptors (Lipinski definition) is 5. The van der Waals surface area contributed by atoms with Crippen LogP contribution in [0.3, 0.4) is 0 Å². The van der Waals surface area contributed by atoms with Gasteiger partial charge in [-0.3, -0.25) is 10.1 Å². The van der Waals surface area contributed by atoms with Crippen LogP contribution in [0.2, 0.25) is 0 Å². The fraction of sp³-hybridized carbons (Fsp3) is 0.571. The molecule has 0 aliphatic heterocycles. The molecular formula is C14H18N4O2. The van der Waals surface area contributed by atoms with Crippen LogP contribution in [0.25, 0.3) is 0 Å². The van der Waals surface area contributed by atoms with Crippen LogP contribution >= 0.6 is 0 Å². The van der Waals surface area contributed by atoms with E-state index in [9.17, 15) is 10.1 Å². The molecule has 1 aromatic heterocycles. The Hall–Kier alpha value is -2.16. The van der Waals surface area contributed by atoms with E-state index in [1.165, 1.54) is 18.7 Å². The largest absolute Gasteiger partial charge is 0.362 e. The normalized spacial score (nSPS) is 20.9. The molecular weight excluding hydrogens is 256 g/mol. The number of hydrogen-bond donors (Lipinski definition) is 1. The second-order valence-electron chi connectivity index (χ2n) is 6.06. The lowest BCUT2D eigenvalue weighted by molar-refractivity contribution is -0.384. The number of aromatic nitrogens is 1. The van der Waals surface area contributed by atoms with Crippen molar-refractivity contribution in [1.82, 2.24) is 4.98 Å². The maximum absolute atomic E-state index is 11.1. The molecule has 0 radical (unpaired) electrons. The summed E-state index contributed by atoms with van der Waals surface area (Å²) < 4.78 is 0. The first kappa shape index (κ1) is 14.3. The number of nitrogens with zero attached hydrogens (tertiary/aromatic N) is 3. The zero-order valence-electron chi connectivity index (χ0n) is 11.7. The first-order valence-electron chi connectivity index (χ1n) is 6.72. The maximum atomic E-state index is 11.1. The highest BCUT2D eigenvalue weighted by atomic mass is 16.6. The van der Waals surface area contributed by atoms with Gasteiger partial charge in [-0.25, -0.2) is 4.98 Å². The van der Waals surface area contributed by atoms with Crippen LogP contribution in [0.1, 0.15) is 45.1 Å². The van der Waals surface area contributed by atoms with Crippen molar-refractivity contribution in [3.05, 3.63) is 27.9 Å². The van der Waals surface area contributed by atoms with E-state index >= 15 is 0 Å². The van der Waals surface area contributed by atoms with Crippen LogP contribution in [0, 0.1) is 26.9 Å². The summed E-state index contributed by atoms with van der Waals surface area (Å²) in [6.45, 7) is 4.42. The molecule has 0 spiro atoms. The first-order valence-corrected chi connectivity index (χ1v) is 6.72. The highest BCUT2D eigenvalue weighted by Gasteiger charge is 2.29. The molecule has 1 heterocycles. The minimum absolute atomic E-state index is 0.132. The Kier molecular flexibility index (Phi) is 3.89. The molecule has 0 amide bonds. The Balaban J connectivity index is 2.21. The standard InChI is InChI=1S/C14H18N4O2/c1-14(2)5-3-4-11(7-14)17-13-12(18(19)20)6-10(8-15)9-16-13/h6,9,11H,3-5,7H2,1-2H3,(H,16,17). The monoisotopic (exact) mass is 274 g/mol. The van der Waals surface area contributed by atoms with Crippen molar-refractivity contribution in [2.45, 2.75) is 45.6 Å². The van der Waals surface area contributed by atoms with Gasteiger partial charge < -0.3 is 5.32 Å². The smallest absolute Gasteiger partial charge is 0.312 e. The van der Waals surface area contributed by atoms with Gasteiger partial charge in [0.15, 0.2) is 0 Å². The number of pyridine rings is 1. The fourth-order valence-electron chi connectivity index (χ4n) is 2.78. The third-order valence-corrected chi connectivity index (χ3v) is 3.74. The molecule has 0 saturated heterocycles. The van der Waals surface area contributed by atoms with E-state index in [1.54, 1.807) is 0 Å². The van der Waals surface area contributed by atoms with Crippen LogP contribution in [-0.4, -0.2) is 15.9 Å². The van der Waals surface area contributed by atoms with E-state index in [1.807, 2.05) is 6.07 Å². The average Bonchev–Trinajstić information content (AvgIpc) is 2.37. The van der Waals surface area contributed by atoms with Gasteiger partial charge in [-0.2, -0.15) is 5.26 Å². The molecule has 0 bridgehead atoms. The Labute approximate surface area is 118 Å². The highest BCUT2D eigenvalue weighted by Crippen LogP contribution is 2.37. The van der Waals surface area contributed by atoms with E-state index in [0.29, 0.717) is 0 Å². The summed E-state index contributed by atoms with van der Waals surface area (Å²) in [4.78, 5) is 14.6. The predicted octanol–water partition coefficient (Wildman–Crippen LogP) is 3.24. The molecule has 1 N–H and O–H groups in total. The Morgan fingerprint density at radius 2 is 2.35 bits per heavy atom. The minimum Gasteiger partial charge on any atom is -0.362 e. The topological polar surface area (TPSA) is 91.8 Å². The summed E-state index contributed by atoms with van der Waals surface area (Å²) in [5.74, 6) is 0.261. The van der Waals surface area contributed by atoms with Crippen molar-refractivity contribution in [3.63, 3.8) is 0 Å². The lowest BCUT2D eigenvalue weighted by atomic mass is 9.75. The highest BCUT2D eigenvalue weighted by molar-refractivity contribution is 5.58. The van der Waals surface area contributed by atoms with Crippen molar-refractivity contribution in [2.24, 2.45) is 5.41 Å². The molecule has 1 aromatic rings. The average molecular weight is 274 g/mol. The van der Waals surface area contributed by atoms with Crippen LogP contribution in [0.4, 0.5) is 11.5 Å². The molecule has 1 unspecified atom stereocenters. The second-order valence-corrected chi connectivity index (χ2v) is 6.06. The van der Waals surface area contributed by atoms with Crippen LogP contribution < -0.4 is 5.32 Å². The summed E-state index contributed by atoms with van der Waals surface area (Å²) in [6, 6.07) is 3.33. The van der Waals surface area contributed by atoms with Gasteiger partial charge >= 0.3 is 5.69 Å². The number of nitro groups is 1. The summed E-state index contributed by atoms with van der Waals surface area (Å²) >= 11 is 0. The van der Waals surface area contributed by atoms with E-state index < -0.39 is 4.92 Å². The minimum atomic E-state index is -0.496. The molecule has 1 aliphatic carbocycles. The molecule has 1 saturated carbocycles. The van der Waals surface area contributed by atoms with E-state index in [-0.39, 0.29) is 28.5 Å².